The molecule has 1 fully saturated rings. The van der Waals surface area contributed by atoms with Crippen LogP contribution in [0.2, 0.25) is 0 Å². The molecule has 2 N–H and O–H groups in total. The van der Waals surface area contributed by atoms with Gasteiger partial charge in [-0.15, -0.1) is 0 Å². The first-order valence-electron chi connectivity index (χ1n) is 10.6. The molecule has 30 heavy (non-hydrogen) atoms. The molecule has 0 saturated carbocycles. The molecule has 2 aliphatic heterocycles. The average molecular weight is 406 g/mol. The lowest BCUT2D eigenvalue weighted by Crippen LogP contribution is -2.39. The number of nitrogens with zero attached hydrogens (tertiary/aromatic N) is 6. The number of nitrogen functional groups attached to an aromatic ring is 1. The van der Waals surface area contributed by atoms with Gasteiger partial charge in [-0.2, -0.15) is 5.26 Å². The van der Waals surface area contributed by atoms with Crippen molar-refractivity contribution in [2.45, 2.75) is 46.1 Å². The minimum atomic E-state index is -0.0839. The number of anilines is 2. The molecule has 8 heteroatoms. The maximum atomic E-state index is 12.6. The number of piperidine rings is 1. The van der Waals surface area contributed by atoms with E-state index >= 15 is 0 Å². The maximum absolute atomic E-state index is 12.6. The number of aromatic nitrogens is 3. The van der Waals surface area contributed by atoms with Crippen molar-refractivity contribution in [1.29, 1.82) is 5.26 Å². The summed E-state index contributed by atoms with van der Waals surface area (Å²) in [5, 5.41) is 9.78. The van der Waals surface area contributed by atoms with Gasteiger partial charge in [-0.3, -0.25) is 4.79 Å². The van der Waals surface area contributed by atoms with E-state index in [4.69, 9.17) is 5.73 Å². The number of amides is 1. The van der Waals surface area contributed by atoms with Crippen molar-refractivity contribution in [3.05, 3.63) is 29.2 Å². The summed E-state index contributed by atoms with van der Waals surface area (Å²) in [5.74, 6) is 0.942. The zero-order valence-electron chi connectivity index (χ0n) is 17.6. The number of carbonyl (C=O) groups excluding carboxylic acids is 1. The number of nitriles is 1. The fraction of sp³-hybridized carbons (Fsp3) is 0.500. The van der Waals surface area contributed by atoms with Gasteiger partial charge in [0.1, 0.15) is 17.5 Å². The van der Waals surface area contributed by atoms with Gasteiger partial charge >= 0.3 is 0 Å². The van der Waals surface area contributed by atoms with Crippen LogP contribution < -0.4 is 10.6 Å². The van der Waals surface area contributed by atoms with Crippen LogP contribution in [-0.2, 0) is 17.8 Å². The maximum Gasteiger partial charge on any atom is 0.225 e. The van der Waals surface area contributed by atoms with Gasteiger partial charge in [0.15, 0.2) is 0 Å². The second kappa shape index (κ2) is 8.27. The van der Waals surface area contributed by atoms with Crippen LogP contribution in [0.5, 0.6) is 0 Å². The number of rotatable bonds is 3. The molecule has 0 aliphatic carbocycles. The first-order chi connectivity index (χ1) is 14.5. The highest BCUT2D eigenvalue weighted by atomic mass is 16.2. The lowest BCUT2D eigenvalue weighted by molar-refractivity contribution is -0.135. The molecule has 4 rings (SSSR count). The summed E-state index contributed by atoms with van der Waals surface area (Å²) in [4.78, 5) is 30.2. The number of hydrogen-bond donors (Lipinski definition) is 1. The van der Waals surface area contributed by atoms with Gasteiger partial charge in [-0.25, -0.2) is 15.0 Å². The third-order valence-corrected chi connectivity index (χ3v) is 5.86. The zero-order chi connectivity index (χ0) is 21.3. The first-order valence-corrected chi connectivity index (χ1v) is 10.6. The van der Waals surface area contributed by atoms with E-state index in [1.165, 1.54) is 6.42 Å². The Morgan fingerprint density at radius 1 is 1.17 bits per heavy atom. The Kier molecular flexibility index (Phi) is 5.53. The van der Waals surface area contributed by atoms with Crippen LogP contribution in [-0.4, -0.2) is 45.4 Å². The van der Waals surface area contributed by atoms with Crippen molar-refractivity contribution in [1.82, 2.24) is 19.9 Å². The topological polar surface area (TPSA) is 112 Å². The van der Waals surface area contributed by atoms with Gasteiger partial charge in [0.2, 0.25) is 11.9 Å². The van der Waals surface area contributed by atoms with Crippen molar-refractivity contribution in [3.63, 3.8) is 0 Å². The van der Waals surface area contributed by atoms with Crippen LogP contribution in [0.25, 0.3) is 11.1 Å². The van der Waals surface area contributed by atoms with E-state index in [1.54, 1.807) is 12.4 Å². The fourth-order valence-electron chi connectivity index (χ4n) is 4.27. The van der Waals surface area contributed by atoms with E-state index < -0.39 is 0 Å². The number of carbonyl (C=O) groups is 1. The van der Waals surface area contributed by atoms with Gasteiger partial charge in [0.25, 0.3) is 0 Å². The quantitative estimate of drug-likeness (QED) is 0.835. The van der Waals surface area contributed by atoms with Gasteiger partial charge < -0.3 is 15.5 Å². The van der Waals surface area contributed by atoms with Gasteiger partial charge in [0.05, 0.1) is 5.69 Å². The van der Waals surface area contributed by atoms with E-state index in [0.29, 0.717) is 36.6 Å². The van der Waals surface area contributed by atoms with Gasteiger partial charge in [-0.05, 0) is 19.3 Å². The lowest BCUT2D eigenvalue weighted by Gasteiger charge is -2.31. The fourth-order valence-corrected chi connectivity index (χ4v) is 4.27. The molecule has 1 saturated heterocycles. The van der Waals surface area contributed by atoms with Crippen LogP contribution in [0.15, 0.2) is 12.4 Å². The lowest BCUT2D eigenvalue weighted by atomic mass is 9.92. The molecule has 0 atom stereocenters. The Bertz CT molecular complexity index is 988. The van der Waals surface area contributed by atoms with Crippen molar-refractivity contribution in [3.8, 4) is 17.2 Å². The highest BCUT2D eigenvalue weighted by Gasteiger charge is 2.29. The summed E-state index contributed by atoms with van der Waals surface area (Å²) in [6.07, 6.45) is 7.68. The Morgan fingerprint density at radius 3 is 2.50 bits per heavy atom. The van der Waals surface area contributed by atoms with Crippen molar-refractivity contribution in [2.75, 3.05) is 30.3 Å². The molecule has 156 valence electrons. The number of nitrogens with two attached hydrogens (primary N) is 1. The van der Waals surface area contributed by atoms with Crippen LogP contribution in [0, 0.1) is 17.2 Å². The molecular weight excluding hydrogens is 378 g/mol. The number of pyridine rings is 1. The Labute approximate surface area is 176 Å². The number of hydrogen-bond acceptors (Lipinski definition) is 7. The smallest absolute Gasteiger partial charge is 0.225 e. The normalized spacial score (nSPS) is 16.3. The average Bonchev–Trinajstić information content (AvgIpc) is 2.78. The van der Waals surface area contributed by atoms with E-state index in [9.17, 15) is 10.1 Å². The zero-order valence-corrected chi connectivity index (χ0v) is 17.6. The van der Waals surface area contributed by atoms with Crippen LogP contribution in [0.4, 0.5) is 11.8 Å². The standard InChI is InChI=1S/C22H27N7O/c1-14(2)21(30)29-9-6-18-17(13-29)19(16(10-23)20(24)27-18)15-11-25-22(26-12-15)28-7-4-3-5-8-28/h11-12,14H,3-9,13H2,1-2H3,(H2,24,27). The number of fused-ring (bicyclic) bond motifs is 1. The van der Waals surface area contributed by atoms with Gasteiger partial charge in [0, 0.05) is 67.6 Å². The van der Waals surface area contributed by atoms with E-state index in [-0.39, 0.29) is 17.6 Å². The van der Waals surface area contributed by atoms with E-state index in [2.05, 4.69) is 25.9 Å². The Morgan fingerprint density at radius 2 is 1.87 bits per heavy atom. The summed E-state index contributed by atoms with van der Waals surface area (Å²) in [6.45, 7) is 6.74. The third kappa shape index (κ3) is 3.67. The Balaban J connectivity index is 1.75. The Hall–Kier alpha value is -3.21. The van der Waals surface area contributed by atoms with Crippen LogP contribution in [0.3, 0.4) is 0 Å². The summed E-state index contributed by atoms with van der Waals surface area (Å²) in [5.41, 5.74) is 9.59. The molecule has 0 radical (unpaired) electrons. The SMILES string of the molecule is CC(C)C(=O)N1CCc2nc(N)c(C#N)c(-c3cnc(N4CCCCC4)nc3)c2C1. The highest BCUT2D eigenvalue weighted by molar-refractivity contribution is 5.81. The predicted octanol–water partition coefficient (Wildman–Crippen LogP) is 2.52. The molecule has 2 aromatic rings. The summed E-state index contributed by atoms with van der Waals surface area (Å²) in [7, 11) is 0. The molecule has 0 unspecified atom stereocenters. The minimum absolute atomic E-state index is 0.0839. The van der Waals surface area contributed by atoms with E-state index in [1.807, 2.05) is 18.7 Å². The summed E-state index contributed by atoms with van der Waals surface area (Å²) in [6, 6.07) is 2.20. The molecule has 4 heterocycles. The molecule has 0 spiro atoms. The largest absolute Gasteiger partial charge is 0.383 e. The van der Waals surface area contributed by atoms with Crippen molar-refractivity contribution in [2.24, 2.45) is 5.92 Å². The molecule has 2 aliphatic rings. The minimum Gasteiger partial charge on any atom is -0.383 e. The summed E-state index contributed by atoms with van der Waals surface area (Å²) < 4.78 is 0. The third-order valence-electron chi connectivity index (χ3n) is 5.86. The molecule has 0 bridgehead atoms. The van der Waals surface area contributed by atoms with Crippen LogP contribution >= 0.6 is 0 Å². The molecule has 0 aromatic carbocycles. The summed E-state index contributed by atoms with van der Waals surface area (Å²) >= 11 is 0. The van der Waals surface area contributed by atoms with Gasteiger partial charge in [-0.1, -0.05) is 13.8 Å². The predicted molar refractivity (Wildman–Crippen MR) is 114 cm³/mol. The molecular formula is C22H27N7O. The second-order valence-electron chi connectivity index (χ2n) is 8.27. The second-order valence-corrected chi connectivity index (χ2v) is 8.27. The van der Waals surface area contributed by atoms with Crippen LogP contribution in [0.1, 0.15) is 49.9 Å². The van der Waals surface area contributed by atoms with E-state index in [0.717, 1.165) is 42.8 Å². The molecule has 2 aromatic heterocycles. The monoisotopic (exact) mass is 405 g/mol. The van der Waals surface area contributed by atoms with Crippen molar-refractivity contribution >= 4 is 17.7 Å². The molecule has 1 amide bonds. The van der Waals surface area contributed by atoms with Crippen molar-refractivity contribution < 1.29 is 4.79 Å². The first kappa shape index (κ1) is 20.1. The molecule has 8 nitrogen and oxygen atoms in total. The highest BCUT2D eigenvalue weighted by Crippen LogP contribution is 2.35.